The maximum Gasteiger partial charge on any atom is 0.338 e. The van der Waals surface area contributed by atoms with E-state index in [9.17, 15) is 9.59 Å². The van der Waals surface area contributed by atoms with E-state index >= 15 is 0 Å². The first-order valence-corrected chi connectivity index (χ1v) is 9.67. The minimum absolute atomic E-state index is 0.155. The van der Waals surface area contributed by atoms with Crippen molar-refractivity contribution in [2.24, 2.45) is 5.41 Å². The van der Waals surface area contributed by atoms with E-state index in [-0.39, 0.29) is 18.6 Å². The van der Waals surface area contributed by atoms with Gasteiger partial charge in [0.05, 0.1) is 11.1 Å². The molecule has 0 radical (unpaired) electrons. The highest BCUT2D eigenvalue weighted by molar-refractivity contribution is 5.93. The Balaban J connectivity index is 0.000000325. The van der Waals surface area contributed by atoms with E-state index < -0.39 is 11.9 Å². The van der Waals surface area contributed by atoms with Crippen LogP contribution in [-0.4, -0.2) is 25.2 Å². The van der Waals surface area contributed by atoms with Crippen LogP contribution in [-0.2, 0) is 9.47 Å². The van der Waals surface area contributed by atoms with E-state index in [0.29, 0.717) is 11.1 Å². The summed E-state index contributed by atoms with van der Waals surface area (Å²) in [6.45, 7) is 13.8. The van der Waals surface area contributed by atoms with Crippen LogP contribution in [0.1, 0.15) is 47.1 Å². The number of hydrogen-bond acceptors (Lipinski definition) is 4. The van der Waals surface area contributed by atoms with Crippen LogP contribution in [0.25, 0.3) is 6.08 Å². The van der Waals surface area contributed by atoms with Crippen molar-refractivity contribution >= 4 is 18.0 Å². The third-order valence-corrected chi connectivity index (χ3v) is 3.60. The van der Waals surface area contributed by atoms with Crippen LogP contribution in [0.2, 0.25) is 0 Å². The molecule has 0 aliphatic carbocycles. The van der Waals surface area contributed by atoms with Crippen LogP contribution in [0, 0.1) is 5.41 Å². The first-order chi connectivity index (χ1) is 14.3. The van der Waals surface area contributed by atoms with E-state index in [1.54, 1.807) is 0 Å². The zero-order valence-electron chi connectivity index (χ0n) is 18.0. The molecule has 0 N–H and O–H groups in total. The van der Waals surface area contributed by atoms with E-state index in [1.165, 1.54) is 42.0 Å². The van der Waals surface area contributed by atoms with Crippen molar-refractivity contribution in [1.82, 2.24) is 0 Å². The maximum absolute atomic E-state index is 11.5. The van der Waals surface area contributed by atoms with Gasteiger partial charge < -0.3 is 9.47 Å². The number of rotatable bonds is 7. The van der Waals surface area contributed by atoms with Crippen LogP contribution in [0.4, 0.5) is 0 Å². The zero-order valence-corrected chi connectivity index (χ0v) is 18.0. The van der Waals surface area contributed by atoms with Crippen molar-refractivity contribution < 1.29 is 19.1 Å². The summed E-state index contributed by atoms with van der Waals surface area (Å²) in [7, 11) is 0. The fourth-order valence-electron chi connectivity index (χ4n) is 2.09. The summed E-state index contributed by atoms with van der Waals surface area (Å²) in [6, 6.07) is 16.4. The molecule has 2 rings (SSSR count). The van der Waals surface area contributed by atoms with Gasteiger partial charge in [0.25, 0.3) is 0 Å². The van der Waals surface area contributed by atoms with Gasteiger partial charge in [-0.15, -0.1) is 0 Å². The fourth-order valence-corrected chi connectivity index (χ4v) is 2.09. The summed E-state index contributed by atoms with van der Waals surface area (Å²) in [4.78, 5) is 22.9. The Morgan fingerprint density at radius 3 is 1.60 bits per heavy atom. The fraction of sp³-hybridized carbons (Fsp3) is 0.231. The third kappa shape index (κ3) is 10.2. The number of allylic oxidation sites excluding steroid dienone is 1. The Kier molecular flexibility index (Phi) is 10.6. The zero-order chi connectivity index (χ0) is 22.4. The molecule has 0 aliphatic rings. The number of ether oxygens (including phenoxy) is 2. The average molecular weight is 407 g/mol. The predicted octanol–water partition coefficient (Wildman–Crippen LogP) is 6.12. The summed E-state index contributed by atoms with van der Waals surface area (Å²) in [5.41, 5.74) is 2.29. The van der Waals surface area contributed by atoms with Gasteiger partial charge in [-0.25, -0.2) is 9.59 Å². The molecule has 0 bridgehead atoms. The molecule has 0 saturated heterocycles. The summed E-state index contributed by atoms with van der Waals surface area (Å²) in [5.74, 6) is -0.915. The molecule has 0 heterocycles. The molecule has 4 heteroatoms. The van der Waals surface area contributed by atoms with E-state index in [0.717, 1.165) is 0 Å². The smallest absolute Gasteiger partial charge is 0.338 e. The topological polar surface area (TPSA) is 52.6 Å². The summed E-state index contributed by atoms with van der Waals surface area (Å²) < 4.78 is 9.71. The number of esters is 2. The summed E-state index contributed by atoms with van der Waals surface area (Å²) in [6.07, 6.45) is 7.36. The van der Waals surface area contributed by atoms with Gasteiger partial charge in [0.1, 0.15) is 13.2 Å². The maximum atomic E-state index is 11.5. The average Bonchev–Trinajstić information content (AvgIpc) is 2.75. The quantitative estimate of drug-likeness (QED) is 0.411. The molecule has 2 aromatic carbocycles. The summed E-state index contributed by atoms with van der Waals surface area (Å²) in [5, 5.41) is 0. The van der Waals surface area contributed by atoms with Crippen LogP contribution in [0.5, 0.6) is 0 Å². The first-order valence-electron chi connectivity index (χ1n) is 9.67. The monoisotopic (exact) mass is 406 g/mol. The van der Waals surface area contributed by atoms with Crippen molar-refractivity contribution in [3.8, 4) is 0 Å². The van der Waals surface area contributed by atoms with Crippen LogP contribution in [0.3, 0.4) is 0 Å². The second-order valence-electron chi connectivity index (χ2n) is 7.46. The molecule has 30 heavy (non-hydrogen) atoms. The number of carbonyl (C=O) groups excluding carboxylic acids is 2. The molecule has 0 amide bonds. The van der Waals surface area contributed by atoms with Crippen molar-refractivity contribution in [2.45, 2.75) is 20.8 Å². The Morgan fingerprint density at radius 2 is 1.23 bits per heavy atom. The van der Waals surface area contributed by atoms with Crippen LogP contribution in [0.15, 0.2) is 86.0 Å². The van der Waals surface area contributed by atoms with Crippen LogP contribution >= 0.6 is 0 Å². The van der Waals surface area contributed by atoms with E-state index in [4.69, 9.17) is 9.47 Å². The number of benzene rings is 2. The van der Waals surface area contributed by atoms with Crippen molar-refractivity contribution in [3.05, 3.63) is 103 Å². The Hall–Kier alpha value is -3.40. The summed E-state index contributed by atoms with van der Waals surface area (Å²) >= 11 is 0. The number of carbonyl (C=O) groups is 2. The van der Waals surface area contributed by atoms with E-state index in [1.807, 2.05) is 6.07 Å². The van der Waals surface area contributed by atoms with Crippen molar-refractivity contribution in [2.75, 3.05) is 13.2 Å². The molecule has 2 aromatic rings. The molecular formula is C26H30O4. The molecular weight excluding hydrogens is 376 g/mol. The second-order valence-corrected chi connectivity index (χ2v) is 7.46. The highest BCUT2D eigenvalue weighted by Crippen LogP contribution is 2.16. The predicted molar refractivity (Wildman–Crippen MR) is 122 cm³/mol. The van der Waals surface area contributed by atoms with Crippen molar-refractivity contribution in [1.29, 1.82) is 0 Å². The number of hydrogen-bond donors (Lipinski definition) is 0. The Bertz CT molecular complexity index is 798. The molecule has 0 unspecified atom stereocenters. The normalized spacial score (nSPS) is 10.5. The lowest BCUT2D eigenvalue weighted by molar-refractivity contribution is 0.0535. The highest BCUT2D eigenvalue weighted by Gasteiger charge is 2.10. The molecule has 0 aromatic heterocycles. The molecule has 0 atom stereocenters. The first kappa shape index (κ1) is 24.6. The lowest BCUT2D eigenvalue weighted by Gasteiger charge is -2.10. The minimum Gasteiger partial charge on any atom is -0.458 e. The van der Waals surface area contributed by atoms with E-state index in [2.05, 4.69) is 70.3 Å². The van der Waals surface area contributed by atoms with Crippen molar-refractivity contribution in [3.63, 3.8) is 0 Å². The van der Waals surface area contributed by atoms with Gasteiger partial charge in [0.15, 0.2) is 0 Å². The molecule has 0 spiro atoms. The molecule has 4 nitrogen and oxygen atoms in total. The third-order valence-electron chi connectivity index (χ3n) is 3.60. The van der Waals surface area contributed by atoms with Gasteiger partial charge in [-0.2, -0.15) is 0 Å². The Morgan fingerprint density at radius 1 is 0.800 bits per heavy atom. The Labute approximate surface area is 179 Å². The van der Waals surface area contributed by atoms with Gasteiger partial charge in [0, 0.05) is 0 Å². The van der Waals surface area contributed by atoms with Gasteiger partial charge in [-0.05, 0) is 35.2 Å². The molecule has 0 saturated carbocycles. The van der Waals surface area contributed by atoms with Gasteiger partial charge >= 0.3 is 11.9 Å². The van der Waals surface area contributed by atoms with Gasteiger partial charge in [-0.1, -0.05) is 88.6 Å². The molecule has 0 fully saturated rings. The second kappa shape index (κ2) is 12.9. The minimum atomic E-state index is -0.457. The standard InChI is InChI=1S/C14H14O4.C12H16/c1-3-9-17-13(15)11-5-7-12(8-6-11)14(16)18-10-4-2;1-12(2,3)10-9-11-7-5-4-6-8-11/h3-8H,1-2,9-10H2;4-10H,1-3H3. The molecule has 0 aliphatic heterocycles. The SMILES string of the molecule is C=CCOC(=O)c1ccc(C(=O)OCC=C)cc1.CC(C)(C)C=Cc1ccccc1. The van der Waals surface area contributed by atoms with Crippen LogP contribution < -0.4 is 0 Å². The van der Waals surface area contributed by atoms with Gasteiger partial charge in [0.2, 0.25) is 0 Å². The van der Waals surface area contributed by atoms with Gasteiger partial charge in [-0.3, -0.25) is 0 Å². The largest absolute Gasteiger partial charge is 0.458 e. The highest BCUT2D eigenvalue weighted by atomic mass is 16.5. The lowest BCUT2D eigenvalue weighted by Crippen LogP contribution is -2.07. The lowest BCUT2D eigenvalue weighted by atomic mass is 9.95. The molecule has 158 valence electrons.